The van der Waals surface area contributed by atoms with Gasteiger partial charge in [-0.1, -0.05) is 6.08 Å². The number of hydrogen-bond acceptors (Lipinski definition) is 4. The van der Waals surface area contributed by atoms with Crippen molar-refractivity contribution in [2.24, 2.45) is 5.73 Å². The van der Waals surface area contributed by atoms with Crippen molar-refractivity contribution in [1.29, 1.82) is 0 Å². The minimum Gasteiger partial charge on any atom is -0.480 e. The standard InChI is InChI=1S/C10H17NO4/c1-3-10(11,8(12)13)5-4-9(2)14-6-7-15-9/h3H,1,4-7,11H2,2H3,(H,12,13). The number of nitrogens with two attached hydrogens (primary N) is 1. The first-order valence-electron chi connectivity index (χ1n) is 4.86. The number of ether oxygens (including phenoxy) is 2. The Morgan fingerprint density at radius 1 is 1.67 bits per heavy atom. The Labute approximate surface area is 88.9 Å². The van der Waals surface area contributed by atoms with Crippen LogP contribution in [0, 0.1) is 0 Å². The van der Waals surface area contributed by atoms with Crippen LogP contribution in [0.25, 0.3) is 0 Å². The van der Waals surface area contributed by atoms with Crippen LogP contribution in [0.15, 0.2) is 12.7 Å². The second kappa shape index (κ2) is 4.30. The molecule has 1 rings (SSSR count). The van der Waals surface area contributed by atoms with Crippen molar-refractivity contribution in [1.82, 2.24) is 0 Å². The zero-order valence-electron chi connectivity index (χ0n) is 8.86. The third kappa shape index (κ3) is 2.77. The molecular formula is C10H17NO4. The molecule has 1 aliphatic heterocycles. The van der Waals surface area contributed by atoms with Crippen molar-refractivity contribution >= 4 is 5.97 Å². The third-order valence-electron chi connectivity index (χ3n) is 2.65. The quantitative estimate of drug-likeness (QED) is 0.652. The molecule has 0 bridgehead atoms. The van der Waals surface area contributed by atoms with Gasteiger partial charge in [-0.3, -0.25) is 0 Å². The van der Waals surface area contributed by atoms with E-state index < -0.39 is 17.3 Å². The van der Waals surface area contributed by atoms with E-state index in [4.69, 9.17) is 20.3 Å². The van der Waals surface area contributed by atoms with E-state index in [-0.39, 0.29) is 6.42 Å². The summed E-state index contributed by atoms with van der Waals surface area (Å²) in [6.07, 6.45) is 1.91. The molecule has 0 saturated carbocycles. The second-order valence-corrected chi connectivity index (χ2v) is 3.88. The fraction of sp³-hybridized carbons (Fsp3) is 0.700. The van der Waals surface area contributed by atoms with Gasteiger partial charge in [0.1, 0.15) is 5.54 Å². The summed E-state index contributed by atoms with van der Waals surface area (Å²) in [6, 6.07) is 0. The minimum atomic E-state index is -1.40. The molecule has 1 aliphatic rings. The fourth-order valence-corrected chi connectivity index (χ4v) is 1.43. The van der Waals surface area contributed by atoms with Crippen LogP contribution in [0.4, 0.5) is 0 Å². The second-order valence-electron chi connectivity index (χ2n) is 3.88. The Balaban J connectivity index is 2.54. The van der Waals surface area contributed by atoms with Crippen LogP contribution in [0.3, 0.4) is 0 Å². The Morgan fingerprint density at radius 2 is 2.20 bits per heavy atom. The Morgan fingerprint density at radius 3 is 2.60 bits per heavy atom. The van der Waals surface area contributed by atoms with Gasteiger partial charge in [0.05, 0.1) is 13.2 Å². The summed E-state index contributed by atoms with van der Waals surface area (Å²) in [5, 5.41) is 8.91. The zero-order valence-corrected chi connectivity index (χ0v) is 8.86. The number of carboxylic acid groups (broad SMARTS) is 1. The van der Waals surface area contributed by atoms with Gasteiger partial charge in [0, 0.05) is 6.42 Å². The van der Waals surface area contributed by atoms with Crippen LogP contribution in [-0.2, 0) is 14.3 Å². The monoisotopic (exact) mass is 215 g/mol. The average Bonchev–Trinajstić information content (AvgIpc) is 2.62. The summed E-state index contributed by atoms with van der Waals surface area (Å²) in [4.78, 5) is 10.9. The Kier molecular flexibility index (Phi) is 3.49. The lowest BCUT2D eigenvalue weighted by Crippen LogP contribution is -2.47. The molecule has 1 heterocycles. The molecule has 5 nitrogen and oxygen atoms in total. The minimum absolute atomic E-state index is 0.238. The zero-order chi connectivity index (χ0) is 11.5. The van der Waals surface area contributed by atoms with Crippen LogP contribution in [0.5, 0.6) is 0 Å². The molecule has 1 unspecified atom stereocenters. The summed E-state index contributed by atoms with van der Waals surface area (Å²) < 4.78 is 10.7. The topological polar surface area (TPSA) is 81.8 Å². The molecule has 3 N–H and O–H groups in total. The smallest absolute Gasteiger partial charge is 0.327 e. The number of aliphatic carboxylic acids is 1. The van der Waals surface area contributed by atoms with Gasteiger partial charge < -0.3 is 20.3 Å². The fourth-order valence-electron chi connectivity index (χ4n) is 1.43. The highest BCUT2D eigenvalue weighted by molar-refractivity contribution is 5.80. The molecule has 1 fully saturated rings. The van der Waals surface area contributed by atoms with Crippen molar-refractivity contribution in [3.8, 4) is 0 Å². The molecule has 15 heavy (non-hydrogen) atoms. The molecule has 1 saturated heterocycles. The Bertz CT molecular complexity index is 260. The summed E-state index contributed by atoms with van der Waals surface area (Å²) in [5.41, 5.74) is 4.24. The van der Waals surface area contributed by atoms with E-state index in [0.29, 0.717) is 19.6 Å². The highest BCUT2D eigenvalue weighted by atomic mass is 16.7. The summed E-state index contributed by atoms with van der Waals surface area (Å²) >= 11 is 0. The van der Waals surface area contributed by atoms with Gasteiger partial charge in [-0.25, -0.2) is 4.79 Å². The largest absolute Gasteiger partial charge is 0.480 e. The van der Waals surface area contributed by atoms with E-state index in [1.165, 1.54) is 6.08 Å². The van der Waals surface area contributed by atoms with Crippen LogP contribution in [-0.4, -0.2) is 35.6 Å². The van der Waals surface area contributed by atoms with E-state index in [9.17, 15) is 4.79 Å². The molecule has 0 aromatic carbocycles. The number of rotatable bonds is 5. The summed E-state index contributed by atoms with van der Waals surface area (Å²) in [5.74, 6) is -1.79. The SMILES string of the molecule is C=CC(N)(CCC1(C)OCCO1)C(=O)O. The predicted octanol–water partition coefficient (Wildman–Crippen LogP) is 0.498. The van der Waals surface area contributed by atoms with E-state index in [1.54, 1.807) is 6.92 Å². The van der Waals surface area contributed by atoms with Gasteiger partial charge in [0.2, 0.25) is 0 Å². The molecule has 1 atom stereocenters. The highest BCUT2D eigenvalue weighted by Crippen LogP contribution is 2.27. The van der Waals surface area contributed by atoms with E-state index in [2.05, 4.69) is 6.58 Å². The van der Waals surface area contributed by atoms with Crippen molar-refractivity contribution in [2.45, 2.75) is 31.1 Å². The molecule has 0 spiro atoms. The van der Waals surface area contributed by atoms with E-state index >= 15 is 0 Å². The molecule has 0 amide bonds. The maximum Gasteiger partial charge on any atom is 0.327 e. The van der Waals surface area contributed by atoms with Crippen LogP contribution < -0.4 is 5.73 Å². The first-order valence-corrected chi connectivity index (χ1v) is 4.86. The van der Waals surface area contributed by atoms with E-state index in [0.717, 1.165) is 0 Å². The van der Waals surface area contributed by atoms with E-state index in [1.807, 2.05) is 0 Å². The first-order chi connectivity index (χ1) is 6.92. The number of carbonyl (C=O) groups is 1. The molecule has 0 aromatic rings. The van der Waals surface area contributed by atoms with Crippen molar-refractivity contribution in [3.63, 3.8) is 0 Å². The van der Waals surface area contributed by atoms with Crippen LogP contribution in [0.2, 0.25) is 0 Å². The third-order valence-corrected chi connectivity index (χ3v) is 2.65. The predicted molar refractivity (Wildman–Crippen MR) is 54.3 cm³/mol. The van der Waals surface area contributed by atoms with Gasteiger partial charge >= 0.3 is 5.97 Å². The van der Waals surface area contributed by atoms with Crippen LogP contribution >= 0.6 is 0 Å². The van der Waals surface area contributed by atoms with Gasteiger partial charge in [0.15, 0.2) is 5.79 Å². The van der Waals surface area contributed by atoms with Gasteiger partial charge in [0.25, 0.3) is 0 Å². The molecular weight excluding hydrogens is 198 g/mol. The molecule has 0 radical (unpaired) electrons. The van der Waals surface area contributed by atoms with Crippen LogP contribution in [0.1, 0.15) is 19.8 Å². The molecule has 0 aromatic heterocycles. The first kappa shape index (κ1) is 12.2. The Hall–Kier alpha value is -0.910. The molecule has 86 valence electrons. The molecule has 0 aliphatic carbocycles. The van der Waals surface area contributed by atoms with Gasteiger partial charge in [-0.15, -0.1) is 6.58 Å². The lowest BCUT2D eigenvalue weighted by Gasteiger charge is -2.27. The number of carboxylic acids is 1. The highest BCUT2D eigenvalue weighted by Gasteiger charge is 2.37. The summed E-state index contributed by atoms with van der Waals surface area (Å²) in [7, 11) is 0. The lowest BCUT2D eigenvalue weighted by molar-refractivity contribution is -0.154. The number of hydrogen-bond donors (Lipinski definition) is 2. The van der Waals surface area contributed by atoms with Crippen molar-refractivity contribution in [3.05, 3.63) is 12.7 Å². The van der Waals surface area contributed by atoms with Gasteiger partial charge in [-0.05, 0) is 13.3 Å². The van der Waals surface area contributed by atoms with Crippen molar-refractivity contribution in [2.75, 3.05) is 13.2 Å². The normalized spacial score (nSPS) is 23.3. The maximum absolute atomic E-state index is 10.9. The van der Waals surface area contributed by atoms with Gasteiger partial charge in [-0.2, -0.15) is 0 Å². The average molecular weight is 215 g/mol. The summed E-state index contributed by atoms with van der Waals surface area (Å²) in [6.45, 7) is 6.29. The lowest BCUT2D eigenvalue weighted by atomic mass is 9.92. The maximum atomic E-state index is 10.9. The van der Waals surface area contributed by atoms with Crippen molar-refractivity contribution < 1.29 is 19.4 Å². The molecule has 5 heteroatoms.